The zero-order valence-corrected chi connectivity index (χ0v) is 19.7. The van der Waals surface area contributed by atoms with Gasteiger partial charge in [-0.25, -0.2) is 14.4 Å². The normalized spacial score (nSPS) is 14.7. The molecule has 3 heterocycles. The maximum Gasteiger partial charge on any atom is 0.242 e. The van der Waals surface area contributed by atoms with E-state index in [9.17, 15) is 9.65 Å². The lowest BCUT2D eigenvalue weighted by Gasteiger charge is -2.32. The van der Waals surface area contributed by atoms with Gasteiger partial charge in [0.15, 0.2) is 22.9 Å². The molecule has 178 valence electrons. The lowest BCUT2D eigenvalue weighted by molar-refractivity contribution is 0.148. The number of ether oxygens (including phenoxy) is 1. The molecule has 8 nitrogen and oxygen atoms in total. The molecule has 2 aromatic heterocycles. The van der Waals surface area contributed by atoms with Crippen molar-refractivity contribution in [1.82, 2.24) is 24.8 Å². The van der Waals surface area contributed by atoms with E-state index in [1.807, 2.05) is 19.1 Å². The Morgan fingerprint density at radius 1 is 1.11 bits per heavy atom. The number of anilines is 2. The number of H-pyrrole nitrogens is 1. The smallest absolute Gasteiger partial charge is 0.242 e. The SMILES string of the molecule is Cc1cc2c(F)c(Oc3ncnc(Nc4ccc(CN5CCN(C)CC5)cc4)c3C#N)ccc2[nH]1. The number of nitrogens with one attached hydrogen (secondary N) is 2. The topological polar surface area (TPSA) is 93.1 Å². The summed E-state index contributed by atoms with van der Waals surface area (Å²) in [5.74, 6) is -0.240. The molecule has 35 heavy (non-hydrogen) atoms. The van der Waals surface area contributed by atoms with Crippen LogP contribution in [-0.2, 0) is 6.54 Å². The minimum atomic E-state index is -0.514. The zero-order valence-electron chi connectivity index (χ0n) is 19.7. The molecule has 0 saturated carbocycles. The average molecular weight is 472 g/mol. The molecule has 0 bridgehead atoms. The average Bonchev–Trinajstić information content (AvgIpc) is 3.25. The van der Waals surface area contributed by atoms with Crippen molar-refractivity contribution < 1.29 is 9.13 Å². The van der Waals surface area contributed by atoms with Gasteiger partial charge in [0.25, 0.3) is 0 Å². The third kappa shape index (κ3) is 4.94. The molecule has 1 aliphatic heterocycles. The zero-order chi connectivity index (χ0) is 24.4. The summed E-state index contributed by atoms with van der Waals surface area (Å²) in [6, 6.07) is 15.1. The van der Waals surface area contributed by atoms with Crippen molar-refractivity contribution in [2.75, 3.05) is 38.5 Å². The van der Waals surface area contributed by atoms with E-state index in [0.717, 1.165) is 44.1 Å². The van der Waals surface area contributed by atoms with Crippen LogP contribution in [0.5, 0.6) is 11.6 Å². The molecular formula is C26H26FN7O. The van der Waals surface area contributed by atoms with Crippen LogP contribution in [0.3, 0.4) is 0 Å². The van der Waals surface area contributed by atoms with Gasteiger partial charge in [-0.05, 0) is 49.9 Å². The Hall–Kier alpha value is -4.00. The van der Waals surface area contributed by atoms with Crippen LogP contribution < -0.4 is 10.1 Å². The first-order chi connectivity index (χ1) is 17.0. The van der Waals surface area contributed by atoms with Gasteiger partial charge in [-0.1, -0.05) is 12.1 Å². The fraction of sp³-hybridized carbons (Fsp3) is 0.269. The number of piperazine rings is 1. The molecule has 5 rings (SSSR count). The van der Waals surface area contributed by atoms with Crippen molar-refractivity contribution in [3.63, 3.8) is 0 Å². The van der Waals surface area contributed by atoms with Crippen LogP contribution in [0.15, 0.2) is 48.8 Å². The van der Waals surface area contributed by atoms with Gasteiger partial charge in [-0.15, -0.1) is 0 Å². The fourth-order valence-electron chi connectivity index (χ4n) is 4.21. The van der Waals surface area contributed by atoms with Gasteiger partial charge >= 0.3 is 0 Å². The van der Waals surface area contributed by atoms with Crippen LogP contribution in [-0.4, -0.2) is 58.0 Å². The van der Waals surface area contributed by atoms with Crippen LogP contribution in [0.1, 0.15) is 16.8 Å². The maximum atomic E-state index is 15.0. The monoisotopic (exact) mass is 471 g/mol. The molecule has 0 amide bonds. The first-order valence-corrected chi connectivity index (χ1v) is 11.5. The highest BCUT2D eigenvalue weighted by Crippen LogP contribution is 2.33. The molecule has 1 aliphatic rings. The van der Waals surface area contributed by atoms with E-state index in [-0.39, 0.29) is 17.2 Å². The van der Waals surface area contributed by atoms with Gasteiger partial charge in [0.05, 0.1) is 0 Å². The predicted octanol–water partition coefficient (Wildman–Crippen LogP) is 4.56. The lowest BCUT2D eigenvalue weighted by atomic mass is 10.1. The Labute approximate surface area is 203 Å². The highest BCUT2D eigenvalue weighted by atomic mass is 19.1. The molecule has 0 aliphatic carbocycles. The molecule has 1 fully saturated rings. The Morgan fingerprint density at radius 3 is 2.63 bits per heavy atom. The molecule has 0 atom stereocenters. The number of hydrogen-bond acceptors (Lipinski definition) is 7. The summed E-state index contributed by atoms with van der Waals surface area (Å²) in [6.45, 7) is 7.04. The molecule has 0 unspecified atom stereocenters. The lowest BCUT2D eigenvalue weighted by Crippen LogP contribution is -2.43. The van der Waals surface area contributed by atoms with Gasteiger partial charge < -0.3 is 19.9 Å². The van der Waals surface area contributed by atoms with E-state index < -0.39 is 5.82 Å². The van der Waals surface area contributed by atoms with Gasteiger partial charge in [0.2, 0.25) is 5.88 Å². The second-order valence-corrected chi connectivity index (χ2v) is 8.81. The van der Waals surface area contributed by atoms with Crippen LogP contribution in [0.25, 0.3) is 10.9 Å². The molecule has 9 heteroatoms. The van der Waals surface area contributed by atoms with Crippen molar-refractivity contribution in [3.05, 3.63) is 71.4 Å². The number of halogens is 1. The first kappa shape index (κ1) is 22.8. The number of fused-ring (bicyclic) bond motifs is 1. The molecule has 0 spiro atoms. The number of aryl methyl sites for hydroxylation is 1. The number of hydrogen-bond donors (Lipinski definition) is 2. The summed E-state index contributed by atoms with van der Waals surface area (Å²) in [6.07, 6.45) is 1.29. The summed E-state index contributed by atoms with van der Waals surface area (Å²) in [5.41, 5.74) is 3.62. The molecule has 0 radical (unpaired) electrons. The number of aromatic amines is 1. The summed E-state index contributed by atoms with van der Waals surface area (Å²) >= 11 is 0. The van der Waals surface area contributed by atoms with Crippen molar-refractivity contribution in [2.45, 2.75) is 13.5 Å². The van der Waals surface area contributed by atoms with Crippen molar-refractivity contribution >= 4 is 22.4 Å². The third-order valence-corrected chi connectivity index (χ3v) is 6.19. The minimum Gasteiger partial charge on any atom is -0.434 e. The van der Waals surface area contributed by atoms with E-state index in [1.54, 1.807) is 12.1 Å². The molecule has 2 N–H and O–H groups in total. The Morgan fingerprint density at radius 2 is 1.89 bits per heavy atom. The third-order valence-electron chi connectivity index (χ3n) is 6.19. The van der Waals surface area contributed by atoms with Crippen molar-refractivity contribution in [1.29, 1.82) is 5.26 Å². The van der Waals surface area contributed by atoms with Crippen LogP contribution in [0.2, 0.25) is 0 Å². The number of nitrogens with zero attached hydrogens (tertiary/aromatic N) is 5. The number of aromatic nitrogens is 3. The van der Waals surface area contributed by atoms with E-state index >= 15 is 0 Å². The second kappa shape index (κ2) is 9.70. The van der Waals surface area contributed by atoms with Crippen LogP contribution >= 0.6 is 0 Å². The number of rotatable bonds is 6. The molecule has 2 aromatic carbocycles. The first-order valence-electron chi connectivity index (χ1n) is 11.5. The highest BCUT2D eigenvalue weighted by molar-refractivity contribution is 5.83. The minimum absolute atomic E-state index is 0.00842. The number of benzene rings is 2. The summed E-state index contributed by atoms with van der Waals surface area (Å²) in [4.78, 5) is 16.2. The van der Waals surface area contributed by atoms with Gasteiger partial charge in [-0.2, -0.15) is 5.26 Å². The summed E-state index contributed by atoms with van der Waals surface area (Å²) in [7, 11) is 2.15. The largest absolute Gasteiger partial charge is 0.434 e. The second-order valence-electron chi connectivity index (χ2n) is 8.81. The molecular weight excluding hydrogens is 445 g/mol. The quantitative estimate of drug-likeness (QED) is 0.426. The van der Waals surface area contributed by atoms with Crippen molar-refractivity contribution in [2.24, 2.45) is 0 Å². The van der Waals surface area contributed by atoms with Crippen LogP contribution in [0, 0.1) is 24.1 Å². The van der Waals surface area contributed by atoms with E-state index in [0.29, 0.717) is 16.7 Å². The standard InChI is InChI=1S/C26H26FN7O/c1-17-13-20-22(31-17)7-8-23(24(20)27)35-26-21(14-28)25(29-16-30-26)32-19-5-3-18(4-6-19)15-34-11-9-33(2)10-12-34/h3-8,13,16,31H,9-12,15H2,1-2H3,(H,29,30,32). The molecule has 1 saturated heterocycles. The Kier molecular flexibility index (Phi) is 6.31. The number of likely N-dealkylation sites (N-methyl/N-ethyl adjacent to an activating group) is 1. The Balaban J connectivity index is 1.32. The summed E-state index contributed by atoms with van der Waals surface area (Å²) < 4.78 is 20.7. The predicted molar refractivity (Wildman–Crippen MR) is 132 cm³/mol. The maximum absolute atomic E-state index is 15.0. The summed E-state index contributed by atoms with van der Waals surface area (Å²) in [5, 5.41) is 13.4. The van der Waals surface area contributed by atoms with Crippen LogP contribution in [0.4, 0.5) is 15.9 Å². The van der Waals surface area contributed by atoms with E-state index in [2.05, 4.69) is 55.3 Å². The van der Waals surface area contributed by atoms with Crippen molar-refractivity contribution in [3.8, 4) is 17.7 Å². The fourth-order valence-corrected chi connectivity index (χ4v) is 4.21. The number of nitriles is 1. The Bertz CT molecular complexity index is 1390. The van der Waals surface area contributed by atoms with Gasteiger partial charge in [0.1, 0.15) is 12.4 Å². The van der Waals surface area contributed by atoms with Gasteiger partial charge in [0, 0.05) is 55.0 Å². The van der Waals surface area contributed by atoms with Gasteiger partial charge in [-0.3, -0.25) is 4.90 Å². The van der Waals surface area contributed by atoms with E-state index in [4.69, 9.17) is 4.74 Å². The molecule has 4 aromatic rings. The highest BCUT2D eigenvalue weighted by Gasteiger charge is 2.18. The van der Waals surface area contributed by atoms with E-state index in [1.165, 1.54) is 18.0 Å².